The summed E-state index contributed by atoms with van der Waals surface area (Å²) in [5, 5.41) is 3.76. The number of nitrogens with one attached hydrogen (secondary N) is 1. The van der Waals surface area contributed by atoms with Crippen molar-refractivity contribution in [3.8, 4) is 0 Å². The van der Waals surface area contributed by atoms with Crippen molar-refractivity contribution in [2.24, 2.45) is 17.3 Å². The predicted molar refractivity (Wildman–Crippen MR) is 72.7 cm³/mol. The van der Waals surface area contributed by atoms with Gasteiger partial charge >= 0.3 is 0 Å². The van der Waals surface area contributed by atoms with E-state index >= 15 is 0 Å². The van der Waals surface area contributed by atoms with Gasteiger partial charge in [0, 0.05) is 6.04 Å². The van der Waals surface area contributed by atoms with Crippen LogP contribution in [0.4, 0.5) is 0 Å². The van der Waals surface area contributed by atoms with Gasteiger partial charge < -0.3 is 5.32 Å². The van der Waals surface area contributed by atoms with E-state index in [-0.39, 0.29) is 0 Å². The van der Waals surface area contributed by atoms with E-state index in [4.69, 9.17) is 0 Å². The minimum Gasteiger partial charge on any atom is -0.314 e. The molecule has 0 aromatic heterocycles. The van der Waals surface area contributed by atoms with Crippen molar-refractivity contribution in [1.29, 1.82) is 0 Å². The molecule has 0 bridgehead atoms. The third-order valence-corrected chi connectivity index (χ3v) is 3.95. The molecular weight excluding hydrogens is 194 g/mol. The first-order valence-corrected chi connectivity index (χ1v) is 7.14. The summed E-state index contributed by atoms with van der Waals surface area (Å²) in [4.78, 5) is 0. The standard InChI is InChI=1S/C15H31N/c1-12(2)8-6-7-9-16-14-11-15(4,5)10-13(14)3/h12-14,16H,6-11H2,1-5H3. The van der Waals surface area contributed by atoms with E-state index in [0.29, 0.717) is 5.41 Å². The summed E-state index contributed by atoms with van der Waals surface area (Å²) in [6.07, 6.45) is 6.86. The fraction of sp³-hybridized carbons (Fsp3) is 1.00. The lowest BCUT2D eigenvalue weighted by molar-refractivity contribution is 0.361. The summed E-state index contributed by atoms with van der Waals surface area (Å²) in [7, 11) is 0. The van der Waals surface area contributed by atoms with Gasteiger partial charge in [0.05, 0.1) is 0 Å². The van der Waals surface area contributed by atoms with E-state index in [1.54, 1.807) is 0 Å². The molecule has 1 fully saturated rings. The lowest BCUT2D eigenvalue weighted by Crippen LogP contribution is -2.32. The van der Waals surface area contributed by atoms with Crippen LogP contribution in [0.15, 0.2) is 0 Å². The zero-order valence-corrected chi connectivity index (χ0v) is 12.0. The first kappa shape index (κ1) is 14.0. The smallest absolute Gasteiger partial charge is 0.00979 e. The van der Waals surface area contributed by atoms with Crippen LogP contribution in [0, 0.1) is 17.3 Å². The number of unbranched alkanes of at least 4 members (excludes halogenated alkanes) is 1. The Morgan fingerprint density at radius 1 is 1.19 bits per heavy atom. The van der Waals surface area contributed by atoms with Gasteiger partial charge in [-0.05, 0) is 43.1 Å². The Morgan fingerprint density at radius 2 is 1.88 bits per heavy atom. The quantitative estimate of drug-likeness (QED) is 0.667. The molecule has 2 atom stereocenters. The highest BCUT2D eigenvalue weighted by Crippen LogP contribution is 2.40. The third-order valence-electron chi connectivity index (χ3n) is 3.95. The Kier molecular flexibility index (Phi) is 5.30. The Labute approximate surface area is 102 Å². The average Bonchev–Trinajstić information content (AvgIpc) is 2.38. The van der Waals surface area contributed by atoms with Crippen molar-refractivity contribution >= 4 is 0 Å². The predicted octanol–water partition coefficient (Wildman–Crippen LogP) is 4.23. The van der Waals surface area contributed by atoms with Gasteiger partial charge in [0.2, 0.25) is 0 Å². The zero-order chi connectivity index (χ0) is 12.2. The molecule has 0 aromatic rings. The van der Waals surface area contributed by atoms with E-state index in [9.17, 15) is 0 Å². The highest BCUT2D eigenvalue weighted by molar-refractivity contribution is 4.90. The molecule has 1 heteroatoms. The highest BCUT2D eigenvalue weighted by atomic mass is 14.9. The van der Waals surface area contributed by atoms with Gasteiger partial charge in [-0.3, -0.25) is 0 Å². The van der Waals surface area contributed by atoms with Gasteiger partial charge in [0.15, 0.2) is 0 Å². The van der Waals surface area contributed by atoms with Crippen molar-refractivity contribution in [3.05, 3.63) is 0 Å². The normalized spacial score (nSPS) is 28.9. The van der Waals surface area contributed by atoms with Gasteiger partial charge in [-0.1, -0.05) is 47.5 Å². The largest absolute Gasteiger partial charge is 0.314 e. The molecule has 16 heavy (non-hydrogen) atoms. The molecule has 0 radical (unpaired) electrons. The summed E-state index contributed by atoms with van der Waals surface area (Å²) in [6.45, 7) is 13.1. The first-order valence-electron chi connectivity index (χ1n) is 7.14. The van der Waals surface area contributed by atoms with E-state index < -0.39 is 0 Å². The number of rotatable bonds is 6. The molecule has 0 aromatic carbocycles. The van der Waals surface area contributed by atoms with Gasteiger partial charge in [0.25, 0.3) is 0 Å². The molecule has 0 aliphatic heterocycles. The second-order valence-electron chi connectivity index (χ2n) is 7.00. The number of hydrogen-bond acceptors (Lipinski definition) is 1. The van der Waals surface area contributed by atoms with E-state index in [2.05, 4.69) is 39.9 Å². The van der Waals surface area contributed by atoms with E-state index in [0.717, 1.165) is 17.9 Å². The van der Waals surface area contributed by atoms with Crippen LogP contribution in [0.2, 0.25) is 0 Å². The van der Waals surface area contributed by atoms with Crippen molar-refractivity contribution in [1.82, 2.24) is 5.32 Å². The molecule has 1 nitrogen and oxygen atoms in total. The molecule has 96 valence electrons. The maximum Gasteiger partial charge on any atom is 0.00979 e. The van der Waals surface area contributed by atoms with Crippen molar-refractivity contribution < 1.29 is 0 Å². The second kappa shape index (κ2) is 6.05. The van der Waals surface area contributed by atoms with Crippen molar-refractivity contribution in [2.45, 2.75) is 72.8 Å². The van der Waals surface area contributed by atoms with Crippen LogP contribution < -0.4 is 5.32 Å². The van der Waals surface area contributed by atoms with Crippen LogP contribution in [0.1, 0.15) is 66.7 Å². The maximum absolute atomic E-state index is 3.76. The minimum atomic E-state index is 0.564. The molecule has 0 heterocycles. The lowest BCUT2D eigenvalue weighted by atomic mass is 9.91. The monoisotopic (exact) mass is 225 g/mol. The van der Waals surface area contributed by atoms with Gasteiger partial charge in [0.1, 0.15) is 0 Å². The summed E-state index contributed by atoms with van der Waals surface area (Å²) < 4.78 is 0. The summed E-state index contributed by atoms with van der Waals surface area (Å²) in [6, 6.07) is 0.772. The fourth-order valence-electron chi connectivity index (χ4n) is 3.13. The van der Waals surface area contributed by atoms with Gasteiger partial charge in [-0.15, -0.1) is 0 Å². The zero-order valence-electron chi connectivity index (χ0n) is 12.0. The van der Waals surface area contributed by atoms with Crippen LogP contribution in [-0.4, -0.2) is 12.6 Å². The molecule has 2 unspecified atom stereocenters. The molecule has 1 saturated carbocycles. The van der Waals surface area contributed by atoms with Gasteiger partial charge in [-0.2, -0.15) is 0 Å². The summed E-state index contributed by atoms with van der Waals surface area (Å²) >= 11 is 0. The second-order valence-corrected chi connectivity index (χ2v) is 7.00. The summed E-state index contributed by atoms with van der Waals surface area (Å²) in [5.74, 6) is 1.73. The number of hydrogen-bond donors (Lipinski definition) is 1. The molecule has 0 saturated heterocycles. The third kappa shape index (κ3) is 4.86. The van der Waals surface area contributed by atoms with E-state index in [1.807, 2.05) is 0 Å². The topological polar surface area (TPSA) is 12.0 Å². The van der Waals surface area contributed by atoms with Crippen molar-refractivity contribution in [3.63, 3.8) is 0 Å². The van der Waals surface area contributed by atoms with Crippen LogP contribution in [-0.2, 0) is 0 Å². The fourth-order valence-corrected chi connectivity index (χ4v) is 3.13. The van der Waals surface area contributed by atoms with Crippen LogP contribution in [0.5, 0.6) is 0 Å². The summed E-state index contributed by atoms with van der Waals surface area (Å²) in [5.41, 5.74) is 0.564. The first-order chi connectivity index (χ1) is 7.41. The van der Waals surface area contributed by atoms with E-state index in [1.165, 1.54) is 38.6 Å². The molecule has 0 spiro atoms. The highest BCUT2D eigenvalue weighted by Gasteiger charge is 2.35. The molecule has 1 N–H and O–H groups in total. The Balaban J connectivity index is 2.10. The molecule has 0 amide bonds. The van der Waals surface area contributed by atoms with Crippen molar-refractivity contribution in [2.75, 3.05) is 6.54 Å². The molecule has 1 aliphatic carbocycles. The average molecular weight is 225 g/mol. The lowest BCUT2D eigenvalue weighted by Gasteiger charge is -2.18. The Hall–Kier alpha value is -0.0400. The maximum atomic E-state index is 3.76. The Morgan fingerprint density at radius 3 is 2.38 bits per heavy atom. The van der Waals surface area contributed by atoms with Gasteiger partial charge in [-0.25, -0.2) is 0 Å². The van der Waals surface area contributed by atoms with Crippen LogP contribution in [0.25, 0.3) is 0 Å². The Bertz CT molecular complexity index is 196. The minimum absolute atomic E-state index is 0.564. The van der Waals surface area contributed by atoms with Crippen LogP contribution in [0.3, 0.4) is 0 Å². The molecule has 1 rings (SSSR count). The van der Waals surface area contributed by atoms with Crippen LogP contribution >= 0.6 is 0 Å². The SMILES string of the molecule is CC(C)CCCCNC1CC(C)(C)CC1C. The molecular formula is C15H31N. The molecule has 1 aliphatic rings.